The van der Waals surface area contributed by atoms with E-state index in [1.54, 1.807) is 12.1 Å². The normalized spacial score (nSPS) is 11.1. The van der Waals surface area contributed by atoms with Crippen molar-refractivity contribution in [3.05, 3.63) is 53.6 Å². The Hall–Kier alpha value is -2.83. The van der Waals surface area contributed by atoms with Crippen molar-refractivity contribution in [3.63, 3.8) is 0 Å². The van der Waals surface area contributed by atoms with Crippen LogP contribution in [0.25, 0.3) is 0 Å². The molecule has 0 aliphatic heterocycles. The number of benzene rings is 2. The Kier molecular flexibility index (Phi) is 5.23. The van der Waals surface area contributed by atoms with Crippen LogP contribution in [0.1, 0.15) is 18.1 Å². The highest BCUT2D eigenvalue weighted by Crippen LogP contribution is 2.32. The summed E-state index contributed by atoms with van der Waals surface area (Å²) in [5.41, 5.74) is 0.500. The summed E-state index contributed by atoms with van der Waals surface area (Å²) in [6.07, 6.45) is 0.410. The molecule has 5 nitrogen and oxygen atoms in total. The molecule has 0 spiro atoms. The lowest BCUT2D eigenvalue weighted by atomic mass is 10.1. The number of rotatable bonds is 5. The lowest BCUT2D eigenvalue weighted by molar-refractivity contribution is 0.0183. The van der Waals surface area contributed by atoms with E-state index in [1.165, 1.54) is 30.3 Å². The summed E-state index contributed by atoms with van der Waals surface area (Å²) >= 11 is 0. The highest BCUT2D eigenvalue weighted by atomic mass is 19.3. The number of nitrogens with one attached hydrogen (secondary N) is 2. The maximum atomic E-state index is 13.5. The van der Waals surface area contributed by atoms with Gasteiger partial charge in [0.15, 0.2) is 11.5 Å². The van der Waals surface area contributed by atoms with E-state index in [4.69, 9.17) is 0 Å². The van der Waals surface area contributed by atoms with Crippen molar-refractivity contribution in [2.24, 2.45) is 0 Å². The van der Waals surface area contributed by atoms with Crippen molar-refractivity contribution in [2.75, 3.05) is 11.9 Å². The van der Waals surface area contributed by atoms with E-state index in [0.29, 0.717) is 12.0 Å². The van der Waals surface area contributed by atoms with E-state index < -0.39 is 12.0 Å². The Labute approximate surface area is 137 Å². The van der Waals surface area contributed by atoms with Gasteiger partial charge in [-0.15, -0.1) is 0 Å². The maximum absolute atomic E-state index is 13.5. The first-order valence-electron chi connectivity index (χ1n) is 7.30. The van der Waals surface area contributed by atoms with Crippen LogP contribution in [-0.4, -0.2) is 22.8 Å². The first kappa shape index (κ1) is 17.5. The van der Waals surface area contributed by atoms with Crippen molar-refractivity contribution in [2.45, 2.75) is 19.3 Å². The second-order valence-electron chi connectivity index (χ2n) is 5.39. The molecule has 4 N–H and O–H groups in total. The van der Waals surface area contributed by atoms with Gasteiger partial charge in [-0.3, -0.25) is 0 Å². The number of halogens is 2. The Morgan fingerprint density at radius 1 is 1.12 bits per heavy atom. The molecule has 0 atom stereocenters. The number of carbonyl (C=O) groups is 1. The number of phenols is 2. The van der Waals surface area contributed by atoms with Crippen molar-refractivity contribution in [1.82, 2.24) is 5.32 Å². The van der Waals surface area contributed by atoms with Crippen molar-refractivity contribution >= 4 is 11.7 Å². The maximum Gasteiger partial charge on any atom is 0.319 e. The van der Waals surface area contributed by atoms with Crippen molar-refractivity contribution in [3.8, 4) is 11.5 Å². The summed E-state index contributed by atoms with van der Waals surface area (Å²) in [6.45, 7) is 1.00. The minimum atomic E-state index is -3.06. The third-order valence-corrected chi connectivity index (χ3v) is 3.39. The van der Waals surface area contributed by atoms with Gasteiger partial charge >= 0.3 is 6.03 Å². The molecule has 0 bridgehead atoms. The van der Waals surface area contributed by atoms with Gasteiger partial charge in [0, 0.05) is 19.0 Å². The zero-order valence-electron chi connectivity index (χ0n) is 13.0. The van der Waals surface area contributed by atoms with Crippen LogP contribution in [-0.2, 0) is 12.3 Å². The minimum Gasteiger partial charge on any atom is -0.504 e. The summed E-state index contributed by atoms with van der Waals surface area (Å²) in [7, 11) is 0. The fraction of sp³-hybridized carbons (Fsp3) is 0.235. The largest absolute Gasteiger partial charge is 0.504 e. The van der Waals surface area contributed by atoms with Gasteiger partial charge in [0.1, 0.15) is 0 Å². The fourth-order valence-electron chi connectivity index (χ4n) is 2.19. The number of anilines is 1. The second kappa shape index (κ2) is 7.16. The molecular formula is C17H18F2N2O3. The molecule has 0 aliphatic rings. The summed E-state index contributed by atoms with van der Waals surface area (Å²) in [4.78, 5) is 11.8. The number of urea groups is 1. The highest BCUT2D eigenvalue weighted by molar-refractivity contribution is 5.90. The predicted octanol–water partition coefficient (Wildman–Crippen LogP) is 3.57. The Balaban J connectivity index is 1.91. The van der Waals surface area contributed by atoms with Gasteiger partial charge in [-0.05, 0) is 30.2 Å². The number of hydrogen-bond acceptors (Lipinski definition) is 3. The minimum absolute atomic E-state index is 0.0461. The van der Waals surface area contributed by atoms with Crippen LogP contribution in [0.3, 0.4) is 0 Å². The molecular weight excluding hydrogens is 318 g/mol. The molecule has 0 aromatic heterocycles. The number of alkyl halides is 2. The molecule has 0 fully saturated rings. The number of para-hydroxylation sites is 1. The molecule has 2 aromatic carbocycles. The Morgan fingerprint density at radius 3 is 2.50 bits per heavy atom. The molecule has 0 heterocycles. The summed E-state index contributed by atoms with van der Waals surface area (Å²) in [5.74, 6) is -3.52. The Bertz CT molecular complexity index is 730. The van der Waals surface area contributed by atoms with Gasteiger partial charge in [-0.1, -0.05) is 24.3 Å². The topological polar surface area (TPSA) is 81.6 Å². The quantitative estimate of drug-likeness (QED) is 0.630. The number of amides is 2. The van der Waals surface area contributed by atoms with Gasteiger partial charge < -0.3 is 20.8 Å². The van der Waals surface area contributed by atoms with E-state index in [0.717, 1.165) is 6.92 Å². The molecule has 24 heavy (non-hydrogen) atoms. The molecule has 0 aliphatic carbocycles. The molecule has 0 radical (unpaired) electrons. The van der Waals surface area contributed by atoms with Crippen LogP contribution in [0, 0.1) is 0 Å². The zero-order chi connectivity index (χ0) is 17.7. The monoisotopic (exact) mass is 336 g/mol. The number of aromatic hydroxyl groups is 2. The average molecular weight is 336 g/mol. The summed E-state index contributed by atoms with van der Waals surface area (Å²) in [6, 6.07) is 9.46. The van der Waals surface area contributed by atoms with Crippen molar-refractivity contribution < 1.29 is 23.8 Å². The van der Waals surface area contributed by atoms with Crippen LogP contribution >= 0.6 is 0 Å². The SMILES string of the molecule is CC(F)(F)c1ccccc1NC(=O)NCCc1ccc(O)c(O)c1. The first-order valence-corrected chi connectivity index (χ1v) is 7.30. The lowest BCUT2D eigenvalue weighted by Gasteiger charge is -2.16. The second-order valence-corrected chi connectivity index (χ2v) is 5.39. The third-order valence-electron chi connectivity index (χ3n) is 3.39. The fourth-order valence-corrected chi connectivity index (χ4v) is 2.19. The zero-order valence-corrected chi connectivity index (χ0v) is 13.0. The van der Waals surface area contributed by atoms with Crippen molar-refractivity contribution in [1.29, 1.82) is 0 Å². The van der Waals surface area contributed by atoms with E-state index in [1.807, 2.05) is 0 Å². The highest BCUT2D eigenvalue weighted by Gasteiger charge is 2.27. The molecule has 2 rings (SSSR count). The van der Waals surface area contributed by atoms with E-state index >= 15 is 0 Å². The molecule has 128 valence electrons. The molecule has 0 saturated carbocycles. The lowest BCUT2D eigenvalue weighted by Crippen LogP contribution is -2.31. The summed E-state index contributed by atoms with van der Waals surface area (Å²) < 4.78 is 27.0. The number of phenolic OH excluding ortho intramolecular Hbond substituents is 2. The average Bonchev–Trinajstić information content (AvgIpc) is 2.50. The molecule has 2 amide bonds. The summed E-state index contributed by atoms with van der Waals surface area (Å²) in [5, 5.41) is 23.6. The molecule has 2 aromatic rings. The van der Waals surface area contributed by atoms with E-state index in [2.05, 4.69) is 10.6 Å². The standard InChI is InChI=1S/C17H18F2N2O3/c1-17(18,19)12-4-2-3-5-13(12)21-16(24)20-9-8-11-6-7-14(22)15(23)10-11/h2-7,10,22-23H,8-9H2,1H3,(H2,20,21,24). The van der Waals surface area contributed by atoms with Gasteiger partial charge in [0.2, 0.25) is 0 Å². The van der Waals surface area contributed by atoms with Gasteiger partial charge in [-0.25, -0.2) is 13.6 Å². The predicted molar refractivity (Wildman–Crippen MR) is 86.5 cm³/mol. The van der Waals surface area contributed by atoms with Crippen LogP contribution in [0.2, 0.25) is 0 Å². The van der Waals surface area contributed by atoms with E-state index in [-0.39, 0.29) is 29.3 Å². The smallest absolute Gasteiger partial charge is 0.319 e. The molecule has 7 heteroatoms. The van der Waals surface area contributed by atoms with Gasteiger partial charge in [0.05, 0.1) is 5.69 Å². The third kappa shape index (κ3) is 4.58. The molecule has 0 saturated heterocycles. The van der Waals surface area contributed by atoms with Gasteiger partial charge in [0.25, 0.3) is 5.92 Å². The Morgan fingerprint density at radius 2 is 1.83 bits per heavy atom. The van der Waals surface area contributed by atoms with Crippen LogP contribution in [0.15, 0.2) is 42.5 Å². The first-order chi connectivity index (χ1) is 11.3. The van der Waals surface area contributed by atoms with Crippen LogP contribution in [0.5, 0.6) is 11.5 Å². The molecule has 0 unspecified atom stereocenters. The number of carbonyl (C=O) groups excluding carboxylic acids is 1. The van der Waals surface area contributed by atoms with Crippen LogP contribution in [0.4, 0.5) is 19.3 Å². The van der Waals surface area contributed by atoms with E-state index in [9.17, 15) is 23.8 Å². The van der Waals surface area contributed by atoms with Crippen LogP contribution < -0.4 is 10.6 Å². The number of hydrogen-bond donors (Lipinski definition) is 4. The van der Waals surface area contributed by atoms with Gasteiger partial charge in [-0.2, -0.15) is 0 Å².